The Bertz CT molecular complexity index is 481. The highest BCUT2D eigenvalue weighted by atomic mass is 32.1. The molecule has 0 aliphatic rings. The Balaban J connectivity index is 2.09. The molecule has 1 aromatic heterocycles. The minimum absolute atomic E-state index is 0.260. The van der Waals surface area contributed by atoms with Crippen LogP contribution in [-0.2, 0) is 0 Å². The summed E-state index contributed by atoms with van der Waals surface area (Å²) in [7, 11) is 1.72. The standard InChI is InChI=1S/C15H19NOS/c1-11(13-8-9-18-10-13)16-12(2)14-6-4-5-7-15(14)17-3/h4-12,16H,1-3H3/t11?,12-/m1/s1. The lowest BCUT2D eigenvalue weighted by Gasteiger charge is -2.21. The number of hydrogen-bond acceptors (Lipinski definition) is 3. The molecule has 0 saturated carbocycles. The maximum Gasteiger partial charge on any atom is 0.123 e. The molecule has 0 bridgehead atoms. The first-order valence-corrected chi connectivity index (χ1v) is 7.07. The summed E-state index contributed by atoms with van der Waals surface area (Å²) >= 11 is 1.73. The Morgan fingerprint density at radius 1 is 1.11 bits per heavy atom. The van der Waals surface area contributed by atoms with Crippen molar-refractivity contribution in [1.29, 1.82) is 0 Å². The van der Waals surface area contributed by atoms with Crippen LogP contribution >= 0.6 is 11.3 Å². The monoisotopic (exact) mass is 261 g/mol. The first-order chi connectivity index (χ1) is 8.72. The molecule has 0 amide bonds. The van der Waals surface area contributed by atoms with Crippen LogP contribution < -0.4 is 10.1 Å². The van der Waals surface area contributed by atoms with Crippen LogP contribution in [0.15, 0.2) is 41.1 Å². The molecule has 2 nitrogen and oxygen atoms in total. The molecule has 18 heavy (non-hydrogen) atoms. The van der Waals surface area contributed by atoms with Gasteiger partial charge in [0.15, 0.2) is 0 Å². The van der Waals surface area contributed by atoms with Crippen LogP contribution in [0.4, 0.5) is 0 Å². The fourth-order valence-electron chi connectivity index (χ4n) is 2.11. The summed E-state index contributed by atoms with van der Waals surface area (Å²) in [5.74, 6) is 0.940. The van der Waals surface area contributed by atoms with Crippen molar-refractivity contribution in [1.82, 2.24) is 5.32 Å². The van der Waals surface area contributed by atoms with Crippen molar-refractivity contribution in [2.24, 2.45) is 0 Å². The van der Waals surface area contributed by atoms with Crippen molar-refractivity contribution in [3.8, 4) is 5.75 Å². The van der Waals surface area contributed by atoms with Gasteiger partial charge in [-0.05, 0) is 42.3 Å². The van der Waals surface area contributed by atoms with Gasteiger partial charge in [-0.15, -0.1) is 0 Å². The van der Waals surface area contributed by atoms with E-state index in [-0.39, 0.29) is 6.04 Å². The summed E-state index contributed by atoms with van der Waals surface area (Å²) in [5, 5.41) is 7.90. The van der Waals surface area contributed by atoms with Crippen LogP contribution in [0.1, 0.15) is 37.1 Å². The van der Waals surface area contributed by atoms with E-state index in [1.807, 2.05) is 18.2 Å². The van der Waals surface area contributed by atoms with Gasteiger partial charge in [0.2, 0.25) is 0 Å². The molecule has 1 aromatic carbocycles. The highest BCUT2D eigenvalue weighted by Gasteiger charge is 2.14. The summed E-state index contributed by atoms with van der Waals surface area (Å²) in [6, 6.07) is 10.9. The second-order valence-corrected chi connectivity index (χ2v) is 5.19. The van der Waals surface area contributed by atoms with E-state index in [1.54, 1.807) is 18.4 Å². The fraction of sp³-hybridized carbons (Fsp3) is 0.333. The van der Waals surface area contributed by atoms with E-state index in [2.05, 4.69) is 42.1 Å². The molecule has 1 N–H and O–H groups in total. The predicted octanol–water partition coefficient (Wildman–Crippen LogP) is 4.17. The zero-order chi connectivity index (χ0) is 13.0. The minimum Gasteiger partial charge on any atom is -0.496 e. The van der Waals surface area contributed by atoms with E-state index in [4.69, 9.17) is 4.74 Å². The Labute approximate surface area is 113 Å². The topological polar surface area (TPSA) is 21.3 Å². The van der Waals surface area contributed by atoms with Gasteiger partial charge in [-0.2, -0.15) is 11.3 Å². The van der Waals surface area contributed by atoms with Crippen LogP contribution in [0.2, 0.25) is 0 Å². The molecule has 0 fully saturated rings. The lowest BCUT2D eigenvalue weighted by atomic mass is 10.0. The van der Waals surface area contributed by atoms with E-state index in [1.165, 1.54) is 11.1 Å². The smallest absolute Gasteiger partial charge is 0.123 e. The predicted molar refractivity (Wildman–Crippen MR) is 77.3 cm³/mol. The molecule has 96 valence electrons. The number of rotatable bonds is 5. The Morgan fingerprint density at radius 2 is 1.89 bits per heavy atom. The number of thiophene rings is 1. The second kappa shape index (κ2) is 6.03. The first-order valence-electron chi connectivity index (χ1n) is 6.13. The summed E-state index contributed by atoms with van der Waals surface area (Å²) < 4.78 is 5.40. The number of nitrogens with one attached hydrogen (secondary N) is 1. The number of para-hydroxylation sites is 1. The minimum atomic E-state index is 0.260. The Hall–Kier alpha value is -1.32. The quantitative estimate of drug-likeness (QED) is 0.872. The van der Waals surface area contributed by atoms with Crippen molar-refractivity contribution in [2.45, 2.75) is 25.9 Å². The number of ether oxygens (including phenoxy) is 1. The molecule has 2 rings (SSSR count). The van der Waals surface area contributed by atoms with Crippen LogP contribution in [0.5, 0.6) is 5.75 Å². The van der Waals surface area contributed by atoms with Crippen LogP contribution in [0, 0.1) is 0 Å². The first kappa shape index (κ1) is 13.1. The van der Waals surface area contributed by atoms with Crippen molar-refractivity contribution in [3.05, 3.63) is 52.2 Å². The fourth-order valence-corrected chi connectivity index (χ4v) is 2.86. The molecule has 0 radical (unpaired) electrons. The highest BCUT2D eigenvalue weighted by molar-refractivity contribution is 7.07. The Morgan fingerprint density at radius 3 is 2.56 bits per heavy atom. The van der Waals surface area contributed by atoms with Gasteiger partial charge in [0.25, 0.3) is 0 Å². The zero-order valence-electron chi connectivity index (χ0n) is 11.0. The van der Waals surface area contributed by atoms with E-state index < -0.39 is 0 Å². The third-order valence-corrected chi connectivity index (χ3v) is 3.85. The van der Waals surface area contributed by atoms with Gasteiger partial charge < -0.3 is 10.1 Å². The van der Waals surface area contributed by atoms with Crippen LogP contribution in [-0.4, -0.2) is 7.11 Å². The molecule has 1 unspecified atom stereocenters. The third kappa shape index (κ3) is 2.92. The van der Waals surface area contributed by atoms with Gasteiger partial charge in [0.1, 0.15) is 5.75 Å². The van der Waals surface area contributed by atoms with E-state index in [9.17, 15) is 0 Å². The molecular weight excluding hydrogens is 242 g/mol. The highest BCUT2D eigenvalue weighted by Crippen LogP contribution is 2.27. The maximum absolute atomic E-state index is 5.40. The molecule has 0 saturated heterocycles. The summed E-state index contributed by atoms with van der Waals surface area (Å²) in [6.07, 6.45) is 0. The number of hydrogen-bond donors (Lipinski definition) is 1. The van der Waals surface area contributed by atoms with Crippen LogP contribution in [0.3, 0.4) is 0 Å². The molecular formula is C15H19NOS. The summed E-state index contributed by atoms with van der Waals surface area (Å²) in [6.45, 7) is 4.36. The van der Waals surface area contributed by atoms with Gasteiger partial charge in [0, 0.05) is 17.6 Å². The zero-order valence-corrected chi connectivity index (χ0v) is 11.8. The second-order valence-electron chi connectivity index (χ2n) is 4.41. The van der Waals surface area contributed by atoms with Gasteiger partial charge in [-0.3, -0.25) is 0 Å². The van der Waals surface area contributed by atoms with Crippen molar-refractivity contribution in [3.63, 3.8) is 0 Å². The van der Waals surface area contributed by atoms with E-state index >= 15 is 0 Å². The van der Waals surface area contributed by atoms with Crippen molar-refractivity contribution in [2.75, 3.05) is 7.11 Å². The van der Waals surface area contributed by atoms with Gasteiger partial charge >= 0.3 is 0 Å². The number of benzene rings is 1. The van der Waals surface area contributed by atoms with Gasteiger partial charge in [0.05, 0.1) is 7.11 Å². The lowest BCUT2D eigenvalue weighted by Crippen LogP contribution is -2.22. The average Bonchev–Trinajstić information content (AvgIpc) is 2.92. The van der Waals surface area contributed by atoms with E-state index in [0.29, 0.717) is 6.04 Å². The molecule has 2 atom stereocenters. The average molecular weight is 261 g/mol. The van der Waals surface area contributed by atoms with Crippen LogP contribution in [0.25, 0.3) is 0 Å². The molecule has 2 aromatic rings. The molecule has 0 spiro atoms. The lowest BCUT2D eigenvalue weighted by molar-refractivity contribution is 0.396. The van der Waals surface area contributed by atoms with Gasteiger partial charge in [-0.1, -0.05) is 18.2 Å². The molecule has 1 heterocycles. The molecule has 0 aliphatic heterocycles. The largest absolute Gasteiger partial charge is 0.496 e. The van der Waals surface area contributed by atoms with Gasteiger partial charge in [-0.25, -0.2) is 0 Å². The number of methoxy groups -OCH3 is 1. The summed E-state index contributed by atoms with van der Waals surface area (Å²) in [4.78, 5) is 0. The molecule has 3 heteroatoms. The maximum atomic E-state index is 5.40. The summed E-state index contributed by atoms with van der Waals surface area (Å²) in [5.41, 5.74) is 2.53. The van der Waals surface area contributed by atoms with Crippen molar-refractivity contribution >= 4 is 11.3 Å². The third-order valence-electron chi connectivity index (χ3n) is 3.15. The normalized spacial score (nSPS) is 14.2. The van der Waals surface area contributed by atoms with Crippen molar-refractivity contribution < 1.29 is 4.74 Å². The molecule has 0 aliphatic carbocycles. The SMILES string of the molecule is COc1ccccc1[C@@H](C)NC(C)c1ccsc1. The van der Waals surface area contributed by atoms with E-state index in [0.717, 1.165) is 5.75 Å². The Kier molecular flexibility index (Phi) is 4.39.